The minimum Gasteiger partial charge on any atom is -0.494 e. The average molecular weight is 495 g/mol. The number of carbonyl (C=O) groups is 2. The predicted molar refractivity (Wildman–Crippen MR) is 133 cm³/mol. The molecule has 0 bridgehead atoms. The third kappa shape index (κ3) is 5.87. The summed E-state index contributed by atoms with van der Waals surface area (Å²) in [4.78, 5) is 37.6. The number of hydrogen-bond acceptors (Lipinski definition) is 8. The second-order valence-electron chi connectivity index (χ2n) is 8.61. The van der Waals surface area contributed by atoms with E-state index in [9.17, 15) is 14.4 Å². The number of benzene rings is 2. The van der Waals surface area contributed by atoms with Gasteiger partial charge in [0.2, 0.25) is 0 Å². The van der Waals surface area contributed by atoms with E-state index >= 15 is 0 Å². The van der Waals surface area contributed by atoms with Crippen LogP contribution in [0.15, 0.2) is 45.6 Å². The minimum atomic E-state index is -0.980. The summed E-state index contributed by atoms with van der Waals surface area (Å²) in [5.74, 6) is 0.400. The normalized spacial score (nSPS) is 12.3. The van der Waals surface area contributed by atoms with Gasteiger partial charge in [0, 0.05) is 17.2 Å². The summed E-state index contributed by atoms with van der Waals surface area (Å²) in [6, 6.07) is 9.29. The number of hydrogen-bond donors (Lipinski definition) is 0. The number of rotatable bonds is 10. The molecule has 0 radical (unpaired) electrons. The quantitative estimate of drug-likeness (QED) is 0.243. The van der Waals surface area contributed by atoms with Crippen molar-refractivity contribution in [3.63, 3.8) is 0 Å². The van der Waals surface area contributed by atoms with E-state index in [1.165, 1.54) is 37.8 Å². The Labute approximate surface area is 209 Å². The van der Waals surface area contributed by atoms with Crippen molar-refractivity contribution in [3.05, 3.63) is 63.3 Å². The molecular formula is C28H30O8. The van der Waals surface area contributed by atoms with Crippen molar-refractivity contribution in [2.45, 2.75) is 59.0 Å². The molecule has 2 heterocycles. The monoisotopic (exact) mass is 494 g/mol. The van der Waals surface area contributed by atoms with Crippen molar-refractivity contribution in [2.75, 3.05) is 13.2 Å². The van der Waals surface area contributed by atoms with E-state index in [2.05, 4.69) is 6.92 Å². The molecule has 0 aliphatic carbocycles. The zero-order valence-electron chi connectivity index (χ0n) is 20.6. The zero-order chi connectivity index (χ0) is 25.5. The second-order valence-corrected chi connectivity index (χ2v) is 8.61. The Morgan fingerprint density at radius 2 is 1.75 bits per heavy atom. The first-order chi connectivity index (χ1) is 17.5. The summed E-state index contributed by atoms with van der Waals surface area (Å²) in [6.07, 6.45) is 6.10. The maximum absolute atomic E-state index is 13.3. The number of unbranched alkanes of at least 4 members (excludes halogenated alkanes) is 5. The van der Waals surface area contributed by atoms with Gasteiger partial charge < -0.3 is 23.4 Å². The van der Waals surface area contributed by atoms with Gasteiger partial charge in [0.1, 0.15) is 23.7 Å². The van der Waals surface area contributed by atoms with Crippen LogP contribution in [0.3, 0.4) is 0 Å². The fraction of sp³-hybridized carbons (Fsp3) is 0.393. The van der Waals surface area contributed by atoms with Crippen molar-refractivity contribution >= 4 is 22.9 Å². The Bertz CT molecular complexity index is 1310. The number of ketones is 1. The highest BCUT2D eigenvalue weighted by Crippen LogP contribution is 2.33. The molecule has 36 heavy (non-hydrogen) atoms. The van der Waals surface area contributed by atoms with Crippen molar-refractivity contribution in [3.8, 4) is 17.4 Å². The first-order valence-corrected chi connectivity index (χ1v) is 12.4. The molecule has 0 N–H and O–H groups in total. The summed E-state index contributed by atoms with van der Waals surface area (Å²) < 4.78 is 27.0. The fourth-order valence-corrected chi connectivity index (χ4v) is 4.11. The predicted octanol–water partition coefficient (Wildman–Crippen LogP) is 6.19. The SMILES string of the molecule is CCCCCCCCOc1ccc2c(c1)COc1cc3oc(OC(=O)OCC)cc(=O)c3cc1C2=O. The molecule has 0 spiro atoms. The van der Waals surface area contributed by atoms with Crippen molar-refractivity contribution in [1.29, 1.82) is 0 Å². The third-order valence-corrected chi connectivity index (χ3v) is 5.97. The van der Waals surface area contributed by atoms with Crippen LogP contribution in [-0.2, 0) is 11.3 Å². The molecule has 1 aliphatic rings. The molecule has 4 rings (SSSR count). The van der Waals surface area contributed by atoms with Gasteiger partial charge in [0.05, 0.1) is 30.2 Å². The molecule has 0 fully saturated rings. The number of carbonyl (C=O) groups excluding carboxylic acids is 2. The smallest absolute Gasteiger partial charge is 0.494 e. The summed E-state index contributed by atoms with van der Waals surface area (Å²) in [5, 5.41) is 0.171. The van der Waals surface area contributed by atoms with Crippen LogP contribution in [0.4, 0.5) is 4.79 Å². The van der Waals surface area contributed by atoms with Crippen LogP contribution in [0.5, 0.6) is 17.4 Å². The van der Waals surface area contributed by atoms with Crippen molar-refractivity contribution in [1.82, 2.24) is 0 Å². The molecule has 8 heteroatoms. The van der Waals surface area contributed by atoms with Gasteiger partial charge in [-0.15, -0.1) is 0 Å². The lowest BCUT2D eigenvalue weighted by Gasteiger charge is -2.10. The summed E-state index contributed by atoms with van der Waals surface area (Å²) in [7, 11) is 0. The molecule has 1 aliphatic heterocycles. The van der Waals surface area contributed by atoms with Gasteiger partial charge in [-0.25, -0.2) is 4.79 Å². The van der Waals surface area contributed by atoms with E-state index in [0.717, 1.165) is 18.9 Å². The number of fused-ring (bicyclic) bond motifs is 3. The van der Waals surface area contributed by atoms with Crippen LogP contribution in [0.2, 0.25) is 0 Å². The van der Waals surface area contributed by atoms with Crippen LogP contribution < -0.4 is 19.6 Å². The van der Waals surface area contributed by atoms with Gasteiger partial charge in [-0.05, 0) is 37.6 Å². The molecule has 0 amide bonds. The van der Waals surface area contributed by atoms with Crippen LogP contribution in [0.25, 0.3) is 11.0 Å². The molecule has 1 aromatic heterocycles. The Hall–Kier alpha value is -3.81. The molecule has 3 aromatic rings. The Balaban J connectivity index is 1.51. The lowest BCUT2D eigenvalue weighted by Crippen LogP contribution is -2.12. The Kier molecular flexibility index (Phi) is 8.25. The highest BCUT2D eigenvalue weighted by molar-refractivity contribution is 6.13. The molecule has 2 aromatic carbocycles. The van der Waals surface area contributed by atoms with Crippen LogP contribution >= 0.6 is 0 Å². The highest BCUT2D eigenvalue weighted by Gasteiger charge is 2.25. The Morgan fingerprint density at radius 3 is 2.56 bits per heavy atom. The standard InChI is InChI=1S/C28H30O8/c1-3-5-6-7-8-9-12-33-19-10-11-20-18(13-19)17-34-24-16-25-21(14-22(24)27(20)30)23(29)15-26(35-25)36-28(31)32-4-2/h10-11,13-16H,3-9,12,17H2,1-2H3. The van der Waals surface area contributed by atoms with Gasteiger partial charge in [-0.1, -0.05) is 39.0 Å². The lowest BCUT2D eigenvalue weighted by atomic mass is 9.98. The van der Waals surface area contributed by atoms with Gasteiger partial charge in [-0.3, -0.25) is 9.59 Å². The van der Waals surface area contributed by atoms with E-state index in [-0.39, 0.29) is 47.2 Å². The molecule has 190 valence electrons. The number of ether oxygens (including phenoxy) is 4. The summed E-state index contributed by atoms with van der Waals surface area (Å²) in [6.45, 7) is 4.72. The van der Waals surface area contributed by atoms with Gasteiger partial charge >= 0.3 is 6.16 Å². The average Bonchev–Trinajstić information content (AvgIpc) is 2.99. The van der Waals surface area contributed by atoms with Gasteiger partial charge in [0.25, 0.3) is 5.95 Å². The summed E-state index contributed by atoms with van der Waals surface area (Å²) >= 11 is 0. The van der Waals surface area contributed by atoms with Gasteiger partial charge in [0.15, 0.2) is 11.2 Å². The Morgan fingerprint density at radius 1 is 0.944 bits per heavy atom. The third-order valence-electron chi connectivity index (χ3n) is 5.97. The molecule has 0 saturated heterocycles. The maximum atomic E-state index is 13.3. The molecule has 0 saturated carbocycles. The largest absolute Gasteiger partial charge is 0.516 e. The van der Waals surface area contributed by atoms with E-state index in [0.29, 0.717) is 23.5 Å². The topological polar surface area (TPSA) is 101 Å². The lowest BCUT2D eigenvalue weighted by molar-refractivity contribution is 0.0950. The van der Waals surface area contributed by atoms with Gasteiger partial charge in [-0.2, -0.15) is 0 Å². The fourth-order valence-electron chi connectivity index (χ4n) is 4.11. The molecule has 8 nitrogen and oxygen atoms in total. The van der Waals surface area contributed by atoms with Crippen molar-refractivity contribution < 1.29 is 33.0 Å². The summed E-state index contributed by atoms with van der Waals surface area (Å²) in [5.41, 5.74) is 1.11. The van der Waals surface area contributed by atoms with E-state index in [4.69, 9.17) is 23.4 Å². The maximum Gasteiger partial charge on any atom is 0.516 e. The first-order valence-electron chi connectivity index (χ1n) is 12.4. The zero-order valence-corrected chi connectivity index (χ0v) is 20.6. The van der Waals surface area contributed by atoms with Crippen LogP contribution in [0, 0.1) is 0 Å². The van der Waals surface area contributed by atoms with Crippen LogP contribution in [0.1, 0.15) is 73.9 Å². The van der Waals surface area contributed by atoms with E-state index < -0.39 is 11.6 Å². The molecule has 0 unspecified atom stereocenters. The highest BCUT2D eigenvalue weighted by atomic mass is 16.8. The van der Waals surface area contributed by atoms with E-state index in [1.807, 2.05) is 6.07 Å². The van der Waals surface area contributed by atoms with E-state index in [1.54, 1.807) is 19.1 Å². The molecular weight excluding hydrogens is 464 g/mol. The minimum absolute atomic E-state index is 0.118. The first kappa shape index (κ1) is 25.3. The van der Waals surface area contributed by atoms with Crippen molar-refractivity contribution in [2.24, 2.45) is 0 Å². The van der Waals surface area contributed by atoms with Crippen LogP contribution in [-0.4, -0.2) is 25.2 Å². The molecule has 0 atom stereocenters. The second kappa shape index (κ2) is 11.7.